The third kappa shape index (κ3) is 5.58. The van der Waals surface area contributed by atoms with Crippen LogP contribution in [0.4, 0.5) is 11.4 Å². The Morgan fingerprint density at radius 2 is 1.83 bits per heavy atom. The van der Waals surface area contributed by atoms with Gasteiger partial charge in [-0.3, -0.25) is 4.79 Å². The molecule has 1 amide bonds. The molecule has 0 bridgehead atoms. The SMILES string of the molecule is O=C(CCN1CCCCC1)Nc1ccc(NCc2cn3ccc(Br)cc3n2)cc1. The van der Waals surface area contributed by atoms with Gasteiger partial charge in [0.05, 0.1) is 12.2 Å². The first-order valence-electron chi connectivity index (χ1n) is 10.1. The Hall–Kier alpha value is -2.38. The molecule has 6 nitrogen and oxygen atoms in total. The third-order valence-corrected chi connectivity index (χ3v) is 5.71. The van der Waals surface area contributed by atoms with Crippen LogP contribution in [0.25, 0.3) is 5.65 Å². The molecule has 1 fully saturated rings. The molecule has 0 unspecified atom stereocenters. The molecule has 1 aliphatic rings. The number of piperidine rings is 1. The second-order valence-electron chi connectivity index (χ2n) is 7.47. The van der Waals surface area contributed by atoms with E-state index in [1.54, 1.807) is 0 Å². The molecule has 2 aromatic heterocycles. The smallest absolute Gasteiger partial charge is 0.225 e. The van der Waals surface area contributed by atoms with E-state index in [-0.39, 0.29) is 5.91 Å². The van der Waals surface area contributed by atoms with E-state index in [0.29, 0.717) is 13.0 Å². The zero-order valence-corrected chi connectivity index (χ0v) is 18.0. The van der Waals surface area contributed by atoms with Crippen molar-refractivity contribution in [2.75, 3.05) is 30.3 Å². The first kappa shape index (κ1) is 19.9. The van der Waals surface area contributed by atoms with Gasteiger partial charge in [0, 0.05) is 41.2 Å². The minimum Gasteiger partial charge on any atom is -0.379 e. The van der Waals surface area contributed by atoms with Crippen LogP contribution in [-0.4, -0.2) is 39.8 Å². The fraction of sp³-hybridized carbons (Fsp3) is 0.364. The molecule has 0 spiro atoms. The number of nitrogens with one attached hydrogen (secondary N) is 2. The van der Waals surface area contributed by atoms with Gasteiger partial charge < -0.3 is 19.9 Å². The van der Waals surface area contributed by atoms with E-state index in [2.05, 4.69) is 36.4 Å². The summed E-state index contributed by atoms with van der Waals surface area (Å²) in [5.74, 6) is 0.0761. The fourth-order valence-corrected chi connectivity index (χ4v) is 3.95. The van der Waals surface area contributed by atoms with Gasteiger partial charge in [-0.1, -0.05) is 22.4 Å². The zero-order valence-electron chi connectivity index (χ0n) is 16.4. The summed E-state index contributed by atoms with van der Waals surface area (Å²) in [6, 6.07) is 11.8. The summed E-state index contributed by atoms with van der Waals surface area (Å²) in [6.45, 7) is 3.73. The van der Waals surface area contributed by atoms with Gasteiger partial charge in [0.1, 0.15) is 5.65 Å². The van der Waals surface area contributed by atoms with Gasteiger partial charge in [-0.05, 0) is 62.3 Å². The summed E-state index contributed by atoms with van der Waals surface area (Å²) < 4.78 is 3.02. The lowest BCUT2D eigenvalue weighted by Crippen LogP contribution is -2.32. The normalized spacial score (nSPS) is 14.8. The van der Waals surface area contributed by atoms with Crippen LogP contribution in [0.2, 0.25) is 0 Å². The molecule has 1 saturated heterocycles. The van der Waals surface area contributed by atoms with E-state index in [0.717, 1.165) is 46.8 Å². The van der Waals surface area contributed by atoms with Gasteiger partial charge >= 0.3 is 0 Å². The summed E-state index contributed by atoms with van der Waals surface area (Å²) in [5, 5.41) is 6.37. The summed E-state index contributed by atoms with van der Waals surface area (Å²) in [4.78, 5) is 19.2. The number of benzene rings is 1. The Bertz CT molecular complexity index is 963. The van der Waals surface area contributed by atoms with Crippen LogP contribution in [0.5, 0.6) is 0 Å². The number of carbonyl (C=O) groups is 1. The van der Waals surface area contributed by atoms with Gasteiger partial charge in [0.25, 0.3) is 0 Å². The minimum atomic E-state index is 0.0761. The van der Waals surface area contributed by atoms with Crippen molar-refractivity contribution in [2.45, 2.75) is 32.2 Å². The number of anilines is 2. The number of halogens is 1. The molecule has 29 heavy (non-hydrogen) atoms. The van der Waals surface area contributed by atoms with E-state index >= 15 is 0 Å². The van der Waals surface area contributed by atoms with Crippen molar-refractivity contribution in [3.8, 4) is 0 Å². The minimum absolute atomic E-state index is 0.0761. The first-order valence-corrected chi connectivity index (χ1v) is 10.9. The molecule has 0 radical (unpaired) electrons. The molecular formula is C22H26BrN5O. The highest BCUT2D eigenvalue weighted by molar-refractivity contribution is 9.10. The fourth-order valence-electron chi connectivity index (χ4n) is 3.62. The number of imidazole rings is 1. The molecule has 152 valence electrons. The van der Waals surface area contributed by atoms with Gasteiger partial charge in [-0.2, -0.15) is 0 Å². The van der Waals surface area contributed by atoms with Crippen molar-refractivity contribution in [1.29, 1.82) is 0 Å². The molecule has 0 saturated carbocycles. The van der Waals surface area contributed by atoms with Crippen LogP contribution in [0.3, 0.4) is 0 Å². The number of hydrogen-bond acceptors (Lipinski definition) is 4. The number of rotatable bonds is 7. The number of carbonyl (C=O) groups excluding carboxylic acids is 1. The molecule has 4 rings (SSSR count). The summed E-state index contributed by atoms with van der Waals surface area (Å²) >= 11 is 3.47. The monoisotopic (exact) mass is 455 g/mol. The Morgan fingerprint density at radius 1 is 1.07 bits per heavy atom. The quantitative estimate of drug-likeness (QED) is 0.549. The standard InChI is InChI=1S/C22H26BrN5O/c23-17-8-13-28-16-20(25-21(28)14-17)15-24-18-4-6-19(7-5-18)26-22(29)9-12-27-10-2-1-3-11-27/h4-8,13-14,16,24H,1-3,9-12,15H2,(H,26,29). The molecule has 1 aromatic carbocycles. The number of aromatic nitrogens is 2. The molecule has 1 aliphatic heterocycles. The second-order valence-corrected chi connectivity index (χ2v) is 8.39. The number of fused-ring (bicyclic) bond motifs is 1. The molecule has 7 heteroatoms. The van der Waals surface area contributed by atoms with Crippen molar-refractivity contribution in [3.05, 3.63) is 59.0 Å². The number of nitrogens with zero attached hydrogens (tertiary/aromatic N) is 3. The van der Waals surface area contributed by atoms with Crippen molar-refractivity contribution in [3.63, 3.8) is 0 Å². The molecule has 0 atom stereocenters. The van der Waals surface area contributed by atoms with Gasteiger partial charge in [-0.15, -0.1) is 0 Å². The lowest BCUT2D eigenvalue weighted by atomic mass is 10.1. The van der Waals surface area contributed by atoms with Crippen molar-refractivity contribution >= 4 is 38.9 Å². The number of likely N-dealkylation sites (tertiary alicyclic amines) is 1. The first-order chi connectivity index (χ1) is 14.2. The Labute approximate surface area is 179 Å². The molecule has 3 aromatic rings. The average molecular weight is 456 g/mol. The zero-order chi connectivity index (χ0) is 20.1. The Morgan fingerprint density at radius 3 is 2.62 bits per heavy atom. The van der Waals surface area contributed by atoms with E-state index in [9.17, 15) is 4.79 Å². The van der Waals surface area contributed by atoms with E-state index in [1.165, 1.54) is 19.3 Å². The Kier molecular flexibility index (Phi) is 6.46. The average Bonchev–Trinajstić information content (AvgIpc) is 3.14. The summed E-state index contributed by atoms with van der Waals surface area (Å²) in [7, 11) is 0. The maximum Gasteiger partial charge on any atom is 0.225 e. The molecule has 0 aliphatic carbocycles. The van der Waals surface area contributed by atoms with E-state index in [4.69, 9.17) is 0 Å². The van der Waals surface area contributed by atoms with Crippen LogP contribution < -0.4 is 10.6 Å². The lowest BCUT2D eigenvalue weighted by molar-refractivity contribution is -0.116. The summed E-state index contributed by atoms with van der Waals surface area (Å²) in [6.07, 6.45) is 8.37. The number of amides is 1. The van der Waals surface area contributed by atoms with Crippen LogP contribution in [-0.2, 0) is 11.3 Å². The van der Waals surface area contributed by atoms with Crippen LogP contribution in [0.15, 0.2) is 53.3 Å². The van der Waals surface area contributed by atoms with Crippen molar-refractivity contribution in [1.82, 2.24) is 14.3 Å². The van der Waals surface area contributed by atoms with Gasteiger partial charge in [0.15, 0.2) is 0 Å². The van der Waals surface area contributed by atoms with Crippen LogP contribution in [0.1, 0.15) is 31.4 Å². The number of pyridine rings is 1. The van der Waals surface area contributed by atoms with Crippen molar-refractivity contribution < 1.29 is 4.79 Å². The molecule has 2 N–H and O–H groups in total. The second kappa shape index (κ2) is 9.41. The van der Waals surface area contributed by atoms with E-state index in [1.807, 2.05) is 53.2 Å². The Balaban J connectivity index is 1.25. The molecular weight excluding hydrogens is 430 g/mol. The third-order valence-electron chi connectivity index (χ3n) is 5.22. The predicted octanol–water partition coefficient (Wildman–Crippen LogP) is 4.52. The van der Waals surface area contributed by atoms with Gasteiger partial charge in [0.2, 0.25) is 5.91 Å². The highest BCUT2D eigenvalue weighted by Gasteiger charge is 2.11. The van der Waals surface area contributed by atoms with Crippen LogP contribution >= 0.6 is 15.9 Å². The highest BCUT2D eigenvalue weighted by Crippen LogP contribution is 2.17. The predicted molar refractivity (Wildman–Crippen MR) is 120 cm³/mol. The maximum absolute atomic E-state index is 12.2. The summed E-state index contributed by atoms with van der Waals surface area (Å²) in [5.41, 5.74) is 3.71. The van der Waals surface area contributed by atoms with Crippen LogP contribution in [0, 0.1) is 0 Å². The highest BCUT2D eigenvalue weighted by atomic mass is 79.9. The van der Waals surface area contributed by atoms with Crippen molar-refractivity contribution in [2.24, 2.45) is 0 Å². The number of hydrogen-bond donors (Lipinski definition) is 2. The van der Waals surface area contributed by atoms with E-state index < -0.39 is 0 Å². The molecule has 3 heterocycles. The lowest BCUT2D eigenvalue weighted by Gasteiger charge is -2.25. The largest absolute Gasteiger partial charge is 0.379 e. The topological polar surface area (TPSA) is 61.7 Å². The maximum atomic E-state index is 12.2. The van der Waals surface area contributed by atoms with Gasteiger partial charge in [-0.25, -0.2) is 4.98 Å².